The van der Waals surface area contributed by atoms with Crippen LogP contribution >= 0.6 is 0 Å². The zero-order valence-electron chi connectivity index (χ0n) is 49.3. The monoisotopic (exact) mass is 1000 g/mol. The summed E-state index contributed by atoms with van der Waals surface area (Å²) in [7, 11) is 0. The summed E-state index contributed by atoms with van der Waals surface area (Å²) < 4.78 is 0. The number of nitrogens with one attached hydrogen (secondary N) is 1. The second-order valence-corrected chi connectivity index (χ2v) is 23.6. The SMILES string of the molecule is CCCCCCCCCCCCCCCCCCCCCCCCCCCCCCCCCC(O)C(CO)NC(=O)CCCCCCCCCCCCCCCCCCCCCCCCCCCCCC. The summed E-state index contributed by atoms with van der Waals surface area (Å²) in [5.41, 5.74) is 0. The van der Waals surface area contributed by atoms with Gasteiger partial charge >= 0.3 is 0 Å². The molecule has 426 valence electrons. The van der Waals surface area contributed by atoms with Crippen LogP contribution in [-0.2, 0) is 4.79 Å². The van der Waals surface area contributed by atoms with Crippen LogP contribution in [0.15, 0.2) is 0 Å². The van der Waals surface area contributed by atoms with Gasteiger partial charge in [-0.1, -0.05) is 386 Å². The number of rotatable bonds is 64. The van der Waals surface area contributed by atoms with Crippen LogP contribution in [0.4, 0.5) is 0 Å². The molecule has 0 aliphatic heterocycles. The molecule has 0 spiro atoms. The molecule has 0 aliphatic carbocycles. The molecule has 0 aromatic rings. The van der Waals surface area contributed by atoms with Gasteiger partial charge in [0.2, 0.25) is 5.91 Å². The van der Waals surface area contributed by atoms with E-state index in [-0.39, 0.29) is 12.5 Å². The molecular weight excluding hydrogens is 867 g/mol. The highest BCUT2D eigenvalue weighted by atomic mass is 16.3. The van der Waals surface area contributed by atoms with Crippen LogP contribution in [0.1, 0.15) is 406 Å². The van der Waals surface area contributed by atoms with E-state index in [0.717, 1.165) is 25.7 Å². The highest BCUT2D eigenvalue weighted by molar-refractivity contribution is 5.76. The molecule has 0 rings (SSSR count). The van der Waals surface area contributed by atoms with Gasteiger partial charge in [0.05, 0.1) is 18.8 Å². The molecule has 2 unspecified atom stereocenters. The number of hydrogen-bond acceptors (Lipinski definition) is 3. The lowest BCUT2D eigenvalue weighted by Crippen LogP contribution is -2.45. The van der Waals surface area contributed by atoms with Gasteiger partial charge in [0.25, 0.3) is 0 Å². The fourth-order valence-corrected chi connectivity index (χ4v) is 11.3. The molecule has 71 heavy (non-hydrogen) atoms. The highest BCUT2D eigenvalue weighted by Gasteiger charge is 2.20. The van der Waals surface area contributed by atoms with Gasteiger partial charge in [-0.2, -0.15) is 0 Å². The van der Waals surface area contributed by atoms with Crippen LogP contribution in [0, 0.1) is 0 Å². The molecule has 0 aromatic heterocycles. The quantitative estimate of drug-likeness (QED) is 0.0532. The smallest absolute Gasteiger partial charge is 0.220 e. The summed E-state index contributed by atoms with van der Waals surface area (Å²) in [6, 6.07) is -0.533. The first kappa shape index (κ1) is 70.4. The lowest BCUT2D eigenvalue weighted by atomic mass is 10.0. The molecule has 3 N–H and O–H groups in total. The van der Waals surface area contributed by atoms with Crippen molar-refractivity contribution in [1.29, 1.82) is 0 Å². The lowest BCUT2D eigenvalue weighted by Gasteiger charge is -2.22. The highest BCUT2D eigenvalue weighted by Crippen LogP contribution is 2.20. The molecule has 0 radical (unpaired) electrons. The molecule has 0 heterocycles. The Bertz CT molecular complexity index is 956. The maximum absolute atomic E-state index is 12.5. The third kappa shape index (κ3) is 60.1. The predicted molar refractivity (Wildman–Crippen MR) is 318 cm³/mol. The number of carbonyl (C=O) groups excluding carboxylic acids is 1. The second kappa shape index (κ2) is 63.7. The van der Waals surface area contributed by atoms with Crippen LogP contribution in [0.3, 0.4) is 0 Å². The number of amides is 1. The summed E-state index contributed by atoms with van der Waals surface area (Å²) in [4.78, 5) is 12.5. The summed E-state index contributed by atoms with van der Waals surface area (Å²) in [5.74, 6) is -0.0196. The lowest BCUT2D eigenvalue weighted by molar-refractivity contribution is -0.123. The van der Waals surface area contributed by atoms with Crippen LogP contribution in [-0.4, -0.2) is 34.9 Å². The minimum Gasteiger partial charge on any atom is -0.394 e. The molecule has 0 aromatic carbocycles. The van der Waals surface area contributed by atoms with Gasteiger partial charge in [-0.25, -0.2) is 0 Å². The van der Waals surface area contributed by atoms with Crippen molar-refractivity contribution in [2.75, 3.05) is 6.61 Å². The van der Waals surface area contributed by atoms with Crippen molar-refractivity contribution in [3.63, 3.8) is 0 Å². The van der Waals surface area contributed by atoms with Crippen molar-refractivity contribution in [2.24, 2.45) is 0 Å². The third-order valence-electron chi connectivity index (χ3n) is 16.4. The van der Waals surface area contributed by atoms with Gasteiger partial charge in [-0.15, -0.1) is 0 Å². The molecule has 2 atom stereocenters. The Kier molecular flexibility index (Phi) is 63.1. The molecule has 0 saturated carbocycles. The van der Waals surface area contributed by atoms with Gasteiger partial charge in [-0.3, -0.25) is 4.79 Å². The molecule has 4 nitrogen and oxygen atoms in total. The van der Waals surface area contributed by atoms with Crippen molar-refractivity contribution in [3.05, 3.63) is 0 Å². The van der Waals surface area contributed by atoms with E-state index in [1.807, 2.05) is 0 Å². The summed E-state index contributed by atoms with van der Waals surface area (Å²) >= 11 is 0. The van der Waals surface area contributed by atoms with E-state index in [0.29, 0.717) is 12.8 Å². The van der Waals surface area contributed by atoms with E-state index in [2.05, 4.69) is 19.2 Å². The number of aliphatic hydroxyl groups is 2. The van der Waals surface area contributed by atoms with Crippen LogP contribution in [0.25, 0.3) is 0 Å². The minimum atomic E-state index is -0.656. The Morgan fingerprint density at radius 1 is 0.282 bits per heavy atom. The van der Waals surface area contributed by atoms with E-state index in [1.165, 1.54) is 353 Å². The van der Waals surface area contributed by atoms with Crippen LogP contribution in [0.2, 0.25) is 0 Å². The van der Waals surface area contributed by atoms with Crippen molar-refractivity contribution in [1.82, 2.24) is 5.32 Å². The van der Waals surface area contributed by atoms with Gasteiger partial charge < -0.3 is 15.5 Å². The zero-order valence-corrected chi connectivity index (χ0v) is 49.3. The molecule has 0 saturated heterocycles. The first-order valence-corrected chi connectivity index (χ1v) is 33.7. The average Bonchev–Trinajstić information content (AvgIpc) is 3.37. The van der Waals surface area contributed by atoms with Gasteiger partial charge in [0.15, 0.2) is 0 Å². The minimum absolute atomic E-state index is 0.0196. The molecular formula is C67H135NO3. The van der Waals surface area contributed by atoms with E-state index in [4.69, 9.17) is 0 Å². The summed E-state index contributed by atoms with van der Waals surface area (Å²) in [6.45, 7) is 4.42. The Labute approximate surface area is 448 Å². The first-order valence-electron chi connectivity index (χ1n) is 33.7. The number of aliphatic hydroxyl groups excluding tert-OH is 2. The largest absolute Gasteiger partial charge is 0.394 e. The number of carbonyl (C=O) groups is 1. The van der Waals surface area contributed by atoms with E-state index >= 15 is 0 Å². The first-order chi connectivity index (χ1) is 35.2. The molecule has 0 bridgehead atoms. The predicted octanol–water partition coefficient (Wildman–Crippen LogP) is 22.7. The van der Waals surface area contributed by atoms with Crippen LogP contribution < -0.4 is 5.32 Å². The summed E-state index contributed by atoms with van der Waals surface area (Å²) in [6.07, 6.45) is 83.0. The average molecular weight is 1000 g/mol. The van der Waals surface area contributed by atoms with Crippen molar-refractivity contribution >= 4 is 5.91 Å². The topological polar surface area (TPSA) is 69.6 Å². The Balaban J connectivity index is 3.36. The number of hydrogen-bond donors (Lipinski definition) is 3. The maximum Gasteiger partial charge on any atom is 0.220 e. The van der Waals surface area contributed by atoms with Gasteiger partial charge in [0.1, 0.15) is 0 Å². The van der Waals surface area contributed by atoms with Gasteiger partial charge in [-0.05, 0) is 12.8 Å². The molecule has 4 heteroatoms. The van der Waals surface area contributed by atoms with Crippen molar-refractivity contribution in [2.45, 2.75) is 418 Å². The zero-order chi connectivity index (χ0) is 51.3. The Hall–Kier alpha value is -0.610. The Morgan fingerprint density at radius 3 is 0.634 bits per heavy atom. The fourth-order valence-electron chi connectivity index (χ4n) is 11.3. The number of unbranched alkanes of at least 4 members (excludes halogenated alkanes) is 57. The van der Waals surface area contributed by atoms with Crippen molar-refractivity contribution in [3.8, 4) is 0 Å². The maximum atomic E-state index is 12.5. The second-order valence-electron chi connectivity index (χ2n) is 23.6. The van der Waals surface area contributed by atoms with Crippen molar-refractivity contribution < 1.29 is 15.0 Å². The normalized spacial score (nSPS) is 12.6. The van der Waals surface area contributed by atoms with E-state index < -0.39 is 12.1 Å². The van der Waals surface area contributed by atoms with Gasteiger partial charge in [0, 0.05) is 6.42 Å². The Morgan fingerprint density at radius 2 is 0.451 bits per heavy atom. The summed E-state index contributed by atoms with van der Waals surface area (Å²) in [5, 5.41) is 23.5. The van der Waals surface area contributed by atoms with E-state index in [9.17, 15) is 15.0 Å². The molecule has 1 amide bonds. The van der Waals surface area contributed by atoms with Crippen LogP contribution in [0.5, 0.6) is 0 Å². The fraction of sp³-hybridized carbons (Fsp3) is 0.985. The third-order valence-corrected chi connectivity index (χ3v) is 16.4. The molecule has 0 fully saturated rings. The standard InChI is InChI=1S/C67H135NO3/c1-3-5-7-9-11-13-15-17-19-21-23-25-27-29-31-33-34-35-36-38-40-42-44-46-48-50-52-54-56-58-60-62-66(70)65(64-69)68-67(71)63-61-59-57-55-53-51-49-47-45-43-41-39-37-32-30-28-26-24-22-20-18-16-14-12-10-8-6-4-2/h65-66,69-70H,3-64H2,1-2H3,(H,68,71). The molecule has 0 aliphatic rings. The van der Waals surface area contributed by atoms with E-state index in [1.54, 1.807) is 0 Å².